The Kier molecular flexibility index (Phi) is 3.89. The van der Waals surface area contributed by atoms with Crippen LogP contribution in [-0.4, -0.2) is 45.1 Å². The molecular weight excluding hydrogens is 270 g/mol. The number of pyridine rings is 1. The fourth-order valence-electron chi connectivity index (χ4n) is 1.96. The van der Waals surface area contributed by atoms with Crippen LogP contribution < -0.4 is 4.90 Å². The van der Waals surface area contributed by atoms with Crippen molar-refractivity contribution < 1.29 is 14.8 Å². The van der Waals surface area contributed by atoms with E-state index < -0.39 is 16.9 Å². The molecule has 1 unspecified atom stereocenters. The summed E-state index contributed by atoms with van der Waals surface area (Å²) in [5, 5.41) is 19.9. The van der Waals surface area contributed by atoms with Gasteiger partial charge in [-0.2, -0.15) is 11.8 Å². The van der Waals surface area contributed by atoms with E-state index in [1.165, 1.54) is 6.20 Å². The predicted molar refractivity (Wildman–Crippen MR) is 71.7 cm³/mol. The molecule has 0 saturated carbocycles. The Morgan fingerprint density at radius 3 is 3.00 bits per heavy atom. The van der Waals surface area contributed by atoms with Crippen LogP contribution in [0.25, 0.3) is 0 Å². The van der Waals surface area contributed by atoms with Gasteiger partial charge in [0.2, 0.25) is 0 Å². The summed E-state index contributed by atoms with van der Waals surface area (Å²) in [4.78, 5) is 27.2. The van der Waals surface area contributed by atoms with Gasteiger partial charge in [-0.3, -0.25) is 10.1 Å². The van der Waals surface area contributed by atoms with Crippen molar-refractivity contribution in [2.45, 2.75) is 13.0 Å². The Morgan fingerprint density at radius 2 is 2.42 bits per heavy atom. The van der Waals surface area contributed by atoms with Crippen molar-refractivity contribution in [1.29, 1.82) is 0 Å². The second-order valence-corrected chi connectivity index (χ2v) is 5.36. The third kappa shape index (κ3) is 2.78. The van der Waals surface area contributed by atoms with Gasteiger partial charge in [-0.1, -0.05) is 0 Å². The van der Waals surface area contributed by atoms with Crippen LogP contribution in [-0.2, 0) is 4.79 Å². The minimum absolute atomic E-state index is 0.0537. The van der Waals surface area contributed by atoms with Crippen LogP contribution in [0.1, 0.15) is 5.56 Å². The van der Waals surface area contributed by atoms with E-state index in [1.807, 2.05) is 0 Å². The lowest BCUT2D eigenvalue weighted by Gasteiger charge is -2.33. The smallest absolute Gasteiger partial charge is 0.327 e. The molecule has 102 valence electrons. The summed E-state index contributed by atoms with van der Waals surface area (Å²) in [6, 6.07) is 0.941. The van der Waals surface area contributed by atoms with Crippen molar-refractivity contribution in [2.75, 3.05) is 23.0 Å². The van der Waals surface area contributed by atoms with Gasteiger partial charge in [-0.05, 0) is 13.0 Å². The first-order valence-corrected chi connectivity index (χ1v) is 6.84. The summed E-state index contributed by atoms with van der Waals surface area (Å²) in [5.41, 5.74) is 0.430. The molecule has 1 aliphatic heterocycles. The number of aryl methyl sites for hydroxylation is 1. The largest absolute Gasteiger partial charge is 0.480 e. The Labute approximate surface area is 113 Å². The highest BCUT2D eigenvalue weighted by molar-refractivity contribution is 7.99. The maximum Gasteiger partial charge on any atom is 0.327 e. The molecule has 1 saturated heterocycles. The predicted octanol–water partition coefficient (Wildman–Crippen LogP) is 1.30. The van der Waals surface area contributed by atoms with Gasteiger partial charge >= 0.3 is 5.97 Å². The Balaban J connectivity index is 2.32. The molecule has 19 heavy (non-hydrogen) atoms. The zero-order valence-corrected chi connectivity index (χ0v) is 11.1. The molecule has 0 amide bonds. The normalized spacial score (nSPS) is 19.2. The van der Waals surface area contributed by atoms with E-state index >= 15 is 0 Å². The average molecular weight is 283 g/mol. The second kappa shape index (κ2) is 5.43. The number of nitrogens with zero attached hydrogens (tertiary/aromatic N) is 3. The molecule has 0 aliphatic carbocycles. The lowest BCUT2D eigenvalue weighted by atomic mass is 10.2. The monoisotopic (exact) mass is 283 g/mol. The first-order valence-electron chi connectivity index (χ1n) is 5.69. The number of rotatable bonds is 3. The van der Waals surface area contributed by atoms with Gasteiger partial charge in [-0.25, -0.2) is 9.78 Å². The zero-order chi connectivity index (χ0) is 14.0. The number of carboxylic acids is 1. The third-order valence-corrected chi connectivity index (χ3v) is 4.00. The van der Waals surface area contributed by atoms with E-state index in [0.29, 0.717) is 23.7 Å². The molecule has 0 aromatic carbocycles. The van der Waals surface area contributed by atoms with E-state index in [1.54, 1.807) is 29.7 Å². The highest BCUT2D eigenvalue weighted by Gasteiger charge is 2.30. The standard InChI is InChI=1S/C11H13N3O4S/c1-7-4-10(12-5-8(7)14(17)18)13-2-3-19-6-9(13)11(15)16/h4-5,9H,2-3,6H2,1H3,(H,15,16). The quantitative estimate of drug-likeness (QED) is 0.659. The molecule has 1 atom stereocenters. The topological polar surface area (TPSA) is 96.6 Å². The van der Waals surface area contributed by atoms with Gasteiger partial charge in [0.05, 0.1) is 4.92 Å². The van der Waals surface area contributed by atoms with Gasteiger partial charge in [0.1, 0.15) is 18.1 Å². The fraction of sp³-hybridized carbons (Fsp3) is 0.455. The van der Waals surface area contributed by atoms with Crippen LogP contribution in [0, 0.1) is 17.0 Å². The van der Waals surface area contributed by atoms with Crippen LogP contribution in [0.3, 0.4) is 0 Å². The molecule has 8 heteroatoms. The minimum atomic E-state index is -0.898. The lowest BCUT2D eigenvalue weighted by Crippen LogP contribution is -2.47. The Bertz CT molecular complexity index is 523. The highest BCUT2D eigenvalue weighted by atomic mass is 32.2. The van der Waals surface area contributed by atoms with Gasteiger partial charge in [-0.15, -0.1) is 0 Å². The number of nitro groups is 1. The van der Waals surface area contributed by atoms with Crippen molar-refractivity contribution in [3.8, 4) is 0 Å². The van der Waals surface area contributed by atoms with Crippen molar-refractivity contribution in [1.82, 2.24) is 4.98 Å². The Morgan fingerprint density at radius 1 is 1.68 bits per heavy atom. The summed E-state index contributed by atoms with van der Waals surface area (Å²) in [6.45, 7) is 2.20. The molecular formula is C11H13N3O4S. The second-order valence-electron chi connectivity index (χ2n) is 4.21. The molecule has 7 nitrogen and oxygen atoms in total. The van der Waals surface area contributed by atoms with Crippen LogP contribution in [0.15, 0.2) is 12.3 Å². The first kappa shape index (κ1) is 13.6. The zero-order valence-electron chi connectivity index (χ0n) is 10.3. The number of anilines is 1. The van der Waals surface area contributed by atoms with Crippen LogP contribution in [0.5, 0.6) is 0 Å². The summed E-state index contributed by atoms with van der Waals surface area (Å²) in [5.74, 6) is 0.898. The van der Waals surface area contributed by atoms with E-state index in [4.69, 9.17) is 0 Å². The fourth-order valence-corrected chi connectivity index (χ4v) is 3.00. The lowest BCUT2D eigenvalue weighted by molar-refractivity contribution is -0.385. The number of hydrogen-bond donors (Lipinski definition) is 1. The number of hydrogen-bond acceptors (Lipinski definition) is 6. The summed E-state index contributed by atoms with van der Waals surface area (Å²) in [7, 11) is 0. The van der Waals surface area contributed by atoms with E-state index in [-0.39, 0.29) is 5.69 Å². The number of carboxylic acid groups (broad SMARTS) is 1. The maximum atomic E-state index is 11.2. The van der Waals surface area contributed by atoms with Gasteiger partial charge in [0.15, 0.2) is 0 Å². The van der Waals surface area contributed by atoms with Crippen LogP contribution >= 0.6 is 11.8 Å². The van der Waals surface area contributed by atoms with E-state index in [9.17, 15) is 20.0 Å². The molecule has 0 radical (unpaired) electrons. The third-order valence-electron chi connectivity index (χ3n) is 2.97. The maximum absolute atomic E-state index is 11.2. The summed E-state index contributed by atoms with van der Waals surface area (Å²) < 4.78 is 0. The molecule has 1 N–H and O–H groups in total. The highest BCUT2D eigenvalue weighted by Crippen LogP contribution is 2.26. The molecule has 1 aromatic rings. The van der Waals surface area contributed by atoms with Crippen LogP contribution in [0.2, 0.25) is 0 Å². The summed E-state index contributed by atoms with van der Waals surface area (Å²) in [6.07, 6.45) is 1.19. The van der Waals surface area contributed by atoms with Crippen LogP contribution in [0.4, 0.5) is 11.5 Å². The molecule has 1 aliphatic rings. The Hall–Kier alpha value is -1.83. The van der Waals surface area contributed by atoms with Crippen molar-refractivity contribution in [3.63, 3.8) is 0 Å². The van der Waals surface area contributed by atoms with Crippen molar-refractivity contribution in [3.05, 3.63) is 27.9 Å². The molecule has 2 heterocycles. The minimum Gasteiger partial charge on any atom is -0.480 e. The van der Waals surface area contributed by atoms with E-state index in [0.717, 1.165) is 5.75 Å². The van der Waals surface area contributed by atoms with E-state index in [2.05, 4.69) is 4.98 Å². The number of carbonyl (C=O) groups is 1. The number of aliphatic carboxylic acids is 1. The molecule has 1 fully saturated rings. The van der Waals surface area contributed by atoms with Gasteiger partial charge < -0.3 is 10.0 Å². The number of aromatic nitrogens is 1. The molecule has 1 aromatic heterocycles. The summed E-state index contributed by atoms with van der Waals surface area (Å²) >= 11 is 1.58. The molecule has 0 bridgehead atoms. The first-order chi connectivity index (χ1) is 9.00. The average Bonchev–Trinajstić information content (AvgIpc) is 2.38. The SMILES string of the molecule is Cc1cc(N2CCSCC2C(=O)O)ncc1[N+](=O)[O-]. The molecule has 2 rings (SSSR count). The van der Waals surface area contributed by atoms with Gasteiger partial charge in [0, 0.05) is 23.6 Å². The number of thioether (sulfide) groups is 1. The molecule has 0 spiro atoms. The van der Waals surface area contributed by atoms with Crippen molar-refractivity contribution >= 4 is 29.2 Å². The van der Waals surface area contributed by atoms with Gasteiger partial charge in [0.25, 0.3) is 5.69 Å². The van der Waals surface area contributed by atoms with Crippen molar-refractivity contribution in [2.24, 2.45) is 0 Å².